The Morgan fingerprint density at radius 2 is 2.10 bits per heavy atom. The third kappa shape index (κ3) is 5.74. The zero-order chi connectivity index (χ0) is 21.6. The molecule has 0 atom stereocenters. The van der Waals surface area contributed by atoms with Crippen LogP contribution in [0.1, 0.15) is 12.5 Å². The van der Waals surface area contributed by atoms with Gasteiger partial charge in [0.2, 0.25) is 5.88 Å². The van der Waals surface area contributed by atoms with Crippen molar-refractivity contribution in [2.24, 2.45) is 5.16 Å². The number of amides is 1. The van der Waals surface area contributed by atoms with E-state index in [-0.39, 0.29) is 23.9 Å². The molecular weight excluding hydrogens is 413 g/mol. The second-order valence-electron chi connectivity index (χ2n) is 5.66. The van der Waals surface area contributed by atoms with Gasteiger partial charge in [0.15, 0.2) is 5.71 Å². The summed E-state index contributed by atoms with van der Waals surface area (Å²) in [6, 6.07) is 4.96. The predicted molar refractivity (Wildman–Crippen MR) is 101 cm³/mol. The molecule has 0 radical (unpaired) electrons. The topological polar surface area (TPSA) is 77.7 Å². The van der Waals surface area contributed by atoms with Crippen LogP contribution in [0.2, 0.25) is 5.02 Å². The minimum Gasteiger partial charge on any atom is -0.472 e. The van der Waals surface area contributed by atoms with Gasteiger partial charge in [-0.1, -0.05) is 16.8 Å². The highest BCUT2D eigenvalue weighted by Gasteiger charge is 2.33. The first kappa shape index (κ1) is 22.3. The summed E-state index contributed by atoms with van der Waals surface area (Å²) < 4.78 is 45.7. The van der Waals surface area contributed by atoms with Crippen molar-refractivity contribution in [2.45, 2.75) is 13.1 Å². The van der Waals surface area contributed by atoms with Crippen molar-refractivity contribution >= 4 is 23.2 Å². The fraction of sp³-hybridized carbons (Fsp3) is 0.278. The number of aromatic nitrogens is 2. The van der Waals surface area contributed by atoms with Gasteiger partial charge in [0, 0.05) is 19.3 Å². The largest absolute Gasteiger partial charge is 0.472 e. The molecule has 1 aromatic carbocycles. The van der Waals surface area contributed by atoms with Crippen LogP contribution in [0.3, 0.4) is 0 Å². The molecular formula is C18H18ClF3N4O3. The maximum absolute atomic E-state index is 13.0. The van der Waals surface area contributed by atoms with Gasteiger partial charge in [-0.2, -0.15) is 13.2 Å². The molecule has 0 fully saturated rings. The number of nitrogens with one attached hydrogen (secondary N) is 1. The number of carbonyl (C=O) groups excluding carboxylic acids is 1. The molecule has 2 rings (SSSR count). The second kappa shape index (κ2) is 9.46. The van der Waals surface area contributed by atoms with E-state index < -0.39 is 22.7 Å². The SMILES string of the molecule is CNC(=O)C(=NOC)C(C)=CCOc1ccn(-c2ccc(Cl)c(C(F)(F)F)c2)n1. The first-order valence-corrected chi connectivity index (χ1v) is 8.61. The van der Waals surface area contributed by atoms with Crippen molar-refractivity contribution in [3.63, 3.8) is 0 Å². The minimum absolute atomic E-state index is 0.0526. The second-order valence-corrected chi connectivity index (χ2v) is 6.07. The molecule has 0 saturated heterocycles. The fourth-order valence-electron chi connectivity index (χ4n) is 2.25. The quantitative estimate of drug-likeness (QED) is 0.537. The first-order chi connectivity index (χ1) is 13.7. The van der Waals surface area contributed by atoms with Crippen molar-refractivity contribution in [1.82, 2.24) is 15.1 Å². The fourth-order valence-corrected chi connectivity index (χ4v) is 2.48. The molecule has 0 spiro atoms. The Morgan fingerprint density at radius 1 is 1.38 bits per heavy atom. The van der Waals surface area contributed by atoms with Gasteiger partial charge in [-0.25, -0.2) is 4.68 Å². The van der Waals surface area contributed by atoms with Crippen LogP contribution in [0.4, 0.5) is 13.2 Å². The molecule has 0 aliphatic rings. The molecule has 0 aliphatic heterocycles. The first-order valence-electron chi connectivity index (χ1n) is 8.23. The summed E-state index contributed by atoms with van der Waals surface area (Å²) in [6.07, 6.45) is -1.53. The number of alkyl halides is 3. The van der Waals surface area contributed by atoms with Crippen LogP contribution in [0.15, 0.2) is 47.3 Å². The Hall–Kier alpha value is -3.01. The maximum atomic E-state index is 13.0. The van der Waals surface area contributed by atoms with Gasteiger partial charge in [0.1, 0.15) is 13.7 Å². The van der Waals surface area contributed by atoms with Crippen molar-refractivity contribution in [3.8, 4) is 11.6 Å². The average Bonchev–Trinajstić information content (AvgIpc) is 3.13. The lowest BCUT2D eigenvalue weighted by Gasteiger charge is -2.10. The number of nitrogens with zero attached hydrogens (tertiary/aromatic N) is 3. The molecule has 156 valence electrons. The Morgan fingerprint density at radius 3 is 2.72 bits per heavy atom. The summed E-state index contributed by atoms with van der Waals surface area (Å²) in [4.78, 5) is 16.4. The summed E-state index contributed by atoms with van der Waals surface area (Å²) in [6.45, 7) is 1.71. The maximum Gasteiger partial charge on any atom is 0.417 e. The smallest absolute Gasteiger partial charge is 0.417 e. The molecule has 0 aliphatic carbocycles. The lowest BCUT2D eigenvalue weighted by molar-refractivity contribution is -0.137. The molecule has 7 nitrogen and oxygen atoms in total. The third-order valence-electron chi connectivity index (χ3n) is 3.70. The Kier molecular flexibility index (Phi) is 7.27. The number of halogens is 4. The molecule has 0 saturated carbocycles. The van der Waals surface area contributed by atoms with Crippen LogP contribution in [0.5, 0.6) is 5.88 Å². The normalized spacial score (nSPS) is 12.7. The van der Waals surface area contributed by atoms with Crippen molar-refractivity contribution < 1.29 is 27.5 Å². The van der Waals surface area contributed by atoms with E-state index in [2.05, 4.69) is 20.4 Å². The van der Waals surface area contributed by atoms with Gasteiger partial charge < -0.3 is 14.9 Å². The van der Waals surface area contributed by atoms with Crippen LogP contribution in [0, 0.1) is 0 Å². The highest BCUT2D eigenvalue weighted by atomic mass is 35.5. The summed E-state index contributed by atoms with van der Waals surface area (Å²) in [7, 11) is 2.78. The molecule has 1 aromatic heterocycles. The highest BCUT2D eigenvalue weighted by Crippen LogP contribution is 2.35. The van der Waals surface area contributed by atoms with Crippen LogP contribution in [-0.4, -0.2) is 42.2 Å². The summed E-state index contributed by atoms with van der Waals surface area (Å²) >= 11 is 5.62. The summed E-state index contributed by atoms with van der Waals surface area (Å²) in [5.74, 6) is -0.240. The number of oxime groups is 1. The van der Waals surface area contributed by atoms with Crippen LogP contribution in [-0.2, 0) is 15.8 Å². The average molecular weight is 431 g/mol. The van der Waals surface area contributed by atoms with E-state index >= 15 is 0 Å². The molecule has 0 unspecified atom stereocenters. The van der Waals surface area contributed by atoms with E-state index in [0.717, 1.165) is 12.1 Å². The van der Waals surface area contributed by atoms with E-state index in [0.29, 0.717) is 5.57 Å². The van der Waals surface area contributed by atoms with Gasteiger partial charge in [-0.3, -0.25) is 4.79 Å². The molecule has 11 heteroatoms. The zero-order valence-corrected chi connectivity index (χ0v) is 16.5. The van der Waals surface area contributed by atoms with Crippen LogP contribution in [0.25, 0.3) is 5.69 Å². The number of carbonyl (C=O) groups is 1. The minimum atomic E-state index is -4.58. The summed E-state index contributed by atoms with van der Waals surface area (Å²) in [5.41, 5.74) is -0.173. The number of ether oxygens (including phenoxy) is 1. The monoisotopic (exact) mass is 430 g/mol. The number of benzene rings is 1. The van der Waals surface area contributed by atoms with Crippen molar-refractivity contribution in [3.05, 3.63) is 52.7 Å². The molecule has 0 bridgehead atoms. The Labute approximate surface area is 169 Å². The van der Waals surface area contributed by atoms with Crippen molar-refractivity contribution in [2.75, 3.05) is 20.8 Å². The van der Waals surface area contributed by atoms with Crippen molar-refractivity contribution in [1.29, 1.82) is 0 Å². The number of hydrogen-bond donors (Lipinski definition) is 1. The van der Waals surface area contributed by atoms with Gasteiger partial charge in [-0.15, -0.1) is 5.10 Å². The summed E-state index contributed by atoms with van der Waals surface area (Å²) in [5, 5.41) is 9.79. The lowest BCUT2D eigenvalue weighted by atomic mass is 10.1. The van der Waals surface area contributed by atoms with Gasteiger partial charge in [-0.05, 0) is 36.8 Å². The predicted octanol–water partition coefficient (Wildman–Crippen LogP) is 3.62. The molecule has 1 amide bonds. The van der Waals surface area contributed by atoms with Gasteiger partial charge in [0.25, 0.3) is 5.91 Å². The Bertz CT molecular complexity index is 939. The third-order valence-corrected chi connectivity index (χ3v) is 4.03. The molecule has 1 N–H and O–H groups in total. The van der Waals surface area contributed by atoms with Crippen LogP contribution < -0.4 is 10.1 Å². The molecule has 29 heavy (non-hydrogen) atoms. The van der Waals surface area contributed by atoms with Crippen LogP contribution >= 0.6 is 11.6 Å². The van der Waals surface area contributed by atoms with E-state index in [1.807, 2.05) is 0 Å². The Balaban J connectivity index is 2.12. The standard InChI is InChI=1S/C18H18ClF3N4O3/c1-11(16(25-28-3)17(27)23-2)7-9-29-15-6-8-26(24-15)12-4-5-14(19)13(10-12)18(20,21)22/h4-8,10H,9H2,1-3H3,(H,23,27). The lowest BCUT2D eigenvalue weighted by Crippen LogP contribution is -2.28. The highest BCUT2D eigenvalue weighted by molar-refractivity contribution is 6.44. The van der Waals surface area contributed by atoms with E-state index in [9.17, 15) is 18.0 Å². The van der Waals surface area contributed by atoms with Gasteiger partial charge in [0.05, 0.1) is 16.3 Å². The number of rotatable bonds is 7. The van der Waals surface area contributed by atoms with E-state index in [1.165, 1.54) is 37.2 Å². The molecule has 2 aromatic rings. The van der Waals surface area contributed by atoms with Gasteiger partial charge >= 0.3 is 6.18 Å². The van der Waals surface area contributed by atoms with E-state index in [1.54, 1.807) is 13.0 Å². The zero-order valence-electron chi connectivity index (χ0n) is 15.7. The number of hydrogen-bond acceptors (Lipinski definition) is 5. The van der Waals surface area contributed by atoms with E-state index in [4.69, 9.17) is 16.3 Å². The molecule has 1 heterocycles.